The summed E-state index contributed by atoms with van der Waals surface area (Å²) in [4.78, 5) is 14.6. The van der Waals surface area contributed by atoms with E-state index in [1.165, 1.54) is 5.56 Å². The summed E-state index contributed by atoms with van der Waals surface area (Å²) < 4.78 is 5.41. The molecule has 1 aliphatic rings. The lowest BCUT2D eigenvalue weighted by Crippen LogP contribution is -2.36. The van der Waals surface area contributed by atoms with Crippen LogP contribution in [0.15, 0.2) is 54.6 Å². The van der Waals surface area contributed by atoms with Crippen LogP contribution >= 0.6 is 0 Å². The number of ether oxygens (including phenoxy) is 1. The Kier molecular flexibility index (Phi) is 7.60. The molecule has 0 aromatic heterocycles. The lowest BCUT2D eigenvalue weighted by Gasteiger charge is -2.16. The van der Waals surface area contributed by atoms with E-state index in [0.29, 0.717) is 44.7 Å². The fourth-order valence-corrected chi connectivity index (χ4v) is 3.84. The van der Waals surface area contributed by atoms with Gasteiger partial charge in [0.15, 0.2) is 0 Å². The molecule has 1 saturated heterocycles. The third kappa shape index (κ3) is 5.64. The van der Waals surface area contributed by atoms with Crippen LogP contribution in [0.4, 0.5) is 0 Å². The van der Waals surface area contributed by atoms with Gasteiger partial charge in [0.2, 0.25) is 5.91 Å². The zero-order chi connectivity index (χ0) is 19.8. The number of benzene rings is 2. The van der Waals surface area contributed by atoms with Gasteiger partial charge in [-0.15, -0.1) is 0 Å². The highest BCUT2D eigenvalue weighted by Gasteiger charge is 2.33. The second-order valence-electron chi connectivity index (χ2n) is 7.44. The van der Waals surface area contributed by atoms with Gasteiger partial charge in [0.1, 0.15) is 0 Å². The van der Waals surface area contributed by atoms with E-state index in [1.54, 1.807) is 0 Å². The third-order valence-electron chi connectivity index (χ3n) is 5.40. The molecule has 0 unspecified atom stereocenters. The molecule has 2 aromatic rings. The lowest BCUT2D eigenvalue weighted by atomic mass is 9.89. The maximum absolute atomic E-state index is 12.4. The van der Waals surface area contributed by atoms with Gasteiger partial charge in [-0.3, -0.25) is 9.69 Å². The summed E-state index contributed by atoms with van der Waals surface area (Å²) in [5.74, 6) is 0.854. The molecule has 0 saturated carbocycles. The van der Waals surface area contributed by atoms with Crippen molar-refractivity contribution in [3.05, 3.63) is 71.3 Å². The molecule has 1 heterocycles. The molecule has 1 fully saturated rings. The van der Waals surface area contributed by atoms with Crippen molar-refractivity contribution in [2.24, 2.45) is 11.7 Å². The monoisotopic (exact) mass is 381 g/mol. The second kappa shape index (κ2) is 10.4. The molecule has 5 heteroatoms. The van der Waals surface area contributed by atoms with Crippen LogP contribution in [0, 0.1) is 5.92 Å². The maximum atomic E-state index is 12.4. The van der Waals surface area contributed by atoms with E-state index in [4.69, 9.17) is 10.5 Å². The number of rotatable bonds is 9. The zero-order valence-electron chi connectivity index (χ0n) is 16.6. The maximum Gasteiger partial charge on any atom is 0.234 e. The van der Waals surface area contributed by atoms with Gasteiger partial charge in [-0.1, -0.05) is 54.6 Å². The van der Waals surface area contributed by atoms with Crippen LogP contribution in [0.3, 0.4) is 0 Å². The van der Waals surface area contributed by atoms with E-state index in [0.717, 1.165) is 24.2 Å². The first-order chi connectivity index (χ1) is 13.7. The van der Waals surface area contributed by atoms with Gasteiger partial charge >= 0.3 is 0 Å². The van der Waals surface area contributed by atoms with E-state index in [2.05, 4.69) is 34.5 Å². The number of nitrogens with zero attached hydrogens (tertiary/aromatic N) is 1. The van der Waals surface area contributed by atoms with Crippen molar-refractivity contribution in [3.8, 4) is 0 Å². The van der Waals surface area contributed by atoms with Gasteiger partial charge in [-0.25, -0.2) is 0 Å². The van der Waals surface area contributed by atoms with Gasteiger partial charge in [-0.2, -0.15) is 0 Å². The number of amides is 1. The quantitative estimate of drug-likeness (QED) is 0.700. The predicted molar refractivity (Wildman–Crippen MR) is 112 cm³/mol. The molecule has 3 rings (SSSR count). The van der Waals surface area contributed by atoms with Crippen molar-refractivity contribution in [1.82, 2.24) is 10.2 Å². The van der Waals surface area contributed by atoms with Gasteiger partial charge in [0.05, 0.1) is 13.2 Å². The predicted octanol–water partition coefficient (Wildman–Crippen LogP) is 2.51. The fraction of sp³-hybridized carbons (Fsp3) is 0.435. The van der Waals surface area contributed by atoms with Gasteiger partial charge in [-0.05, 0) is 36.1 Å². The second-order valence-corrected chi connectivity index (χ2v) is 7.44. The Bertz CT molecular complexity index is 733. The van der Waals surface area contributed by atoms with Crippen LogP contribution in [0.25, 0.3) is 0 Å². The lowest BCUT2D eigenvalue weighted by molar-refractivity contribution is -0.122. The van der Waals surface area contributed by atoms with E-state index in [1.807, 2.05) is 37.3 Å². The first-order valence-corrected chi connectivity index (χ1v) is 10.1. The molecule has 0 aliphatic carbocycles. The van der Waals surface area contributed by atoms with Gasteiger partial charge in [0, 0.05) is 32.2 Å². The van der Waals surface area contributed by atoms with Crippen molar-refractivity contribution in [2.75, 3.05) is 32.8 Å². The number of nitrogens with one attached hydrogen (secondary N) is 1. The minimum atomic E-state index is 0.0582. The fourth-order valence-electron chi connectivity index (χ4n) is 3.84. The van der Waals surface area contributed by atoms with E-state index in [9.17, 15) is 4.79 Å². The molecule has 0 radical (unpaired) electrons. The first-order valence-electron chi connectivity index (χ1n) is 10.1. The number of carbonyl (C=O) groups excluding carboxylic acids is 1. The highest BCUT2D eigenvalue weighted by molar-refractivity contribution is 5.78. The summed E-state index contributed by atoms with van der Waals surface area (Å²) in [6, 6.07) is 18.7. The molecule has 1 aliphatic heterocycles. The number of hydrogen-bond donors (Lipinski definition) is 2. The molecule has 150 valence electrons. The molecular weight excluding hydrogens is 350 g/mol. The van der Waals surface area contributed by atoms with Crippen LogP contribution in [0.5, 0.6) is 0 Å². The van der Waals surface area contributed by atoms with E-state index >= 15 is 0 Å². The Labute approximate surface area is 167 Å². The van der Waals surface area contributed by atoms with Gasteiger partial charge < -0.3 is 15.8 Å². The molecule has 1 amide bonds. The largest absolute Gasteiger partial charge is 0.377 e. The summed E-state index contributed by atoms with van der Waals surface area (Å²) in [7, 11) is 0. The summed E-state index contributed by atoms with van der Waals surface area (Å²) >= 11 is 0. The summed E-state index contributed by atoms with van der Waals surface area (Å²) in [6.07, 6.45) is 0. The molecule has 2 atom stereocenters. The van der Waals surface area contributed by atoms with Crippen molar-refractivity contribution in [2.45, 2.75) is 26.0 Å². The normalized spacial score (nSPS) is 19.6. The van der Waals surface area contributed by atoms with Crippen molar-refractivity contribution in [3.63, 3.8) is 0 Å². The number of nitrogens with two attached hydrogens (primary N) is 1. The number of likely N-dealkylation sites (tertiary alicyclic amines) is 1. The van der Waals surface area contributed by atoms with Gasteiger partial charge in [0.25, 0.3) is 0 Å². The number of carbonyl (C=O) groups is 1. The average molecular weight is 382 g/mol. The van der Waals surface area contributed by atoms with Crippen molar-refractivity contribution < 1.29 is 9.53 Å². The summed E-state index contributed by atoms with van der Waals surface area (Å²) in [5.41, 5.74) is 9.55. The molecule has 28 heavy (non-hydrogen) atoms. The Hall–Kier alpha value is -2.21. The number of hydrogen-bond acceptors (Lipinski definition) is 4. The highest BCUT2D eigenvalue weighted by Crippen LogP contribution is 2.31. The van der Waals surface area contributed by atoms with Crippen molar-refractivity contribution in [1.29, 1.82) is 0 Å². The van der Waals surface area contributed by atoms with Crippen LogP contribution < -0.4 is 11.1 Å². The highest BCUT2D eigenvalue weighted by atomic mass is 16.5. The third-order valence-corrected chi connectivity index (χ3v) is 5.40. The van der Waals surface area contributed by atoms with Crippen LogP contribution in [0.1, 0.15) is 29.5 Å². The topological polar surface area (TPSA) is 67.6 Å². The van der Waals surface area contributed by atoms with E-state index in [-0.39, 0.29) is 5.91 Å². The van der Waals surface area contributed by atoms with Crippen molar-refractivity contribution >= 4 is 5.91 Å². The zero-order valence-corrected chi connectivity index (χ0v) is 16.6. The average Bonchev–Trinajstić information content (AvgIpc) is 3.15. The minimum absolute atomic E-state index is 0.0582. The minimum Gasteiger partial charge on any atom is -0.377 e. The summed E-state index contributed by atoms with van der Waals surface area (Å²) in [5, 5.41) is 3.03. The van der Waals surface area contributed by atoms with Crippen LogP contribution in [-0.2, 0) is 22.7 Å². The van der Waals surface area contributed by atoms with E-state index < -0.39 is 0 Å². The molecule has 0 spiro atoms. The molecule has 0 bridgehead atoms. The standard InChI is InChI=1S/C23H31N3O2/c1-2-28-17-19-10-8-18(9-11-19)13-25-23(27)16-26-14-21(12-24)22(15-26)20-6-4-3-5-7-20/h3-11,21-22H,2,12-17,24H2,1H3,(H,25,27)/t21-,22+/m1/s1. The molecule has 2 aromatic carbocycles. The first kappa shape index (κ1) is 20.5. The van der Waals surface area contributed by atoms with Crippen LogP contribution in [0.2, 0.25) is 0 Å². The molecule has 5 nitrogen and oxygen atoms in total. The smallest absolute Gasteiger partial charge is 0.234 e. The Morgan fingerprint density at radius 1 is 1.11 bits per heavy atom. The molecule has 3 N–H and O–H groups in total. The molecular formula is C23H31N3O2. The Morgan fingerprint density at radius 2 is 1.82 bits per heavy atom. The Balaban J connectivity index is 1.47. The summed E-state index contributed by atoms with van der Waals surface area (Å²) in [6.45, 7) is 6.69. The SMILES string of the molecule is CCOCc1ccc(CNC(=O)CN2C[C@@H](CN)[C@H](c3ccccc3)C2)cc1. The van der Waals surface area contributed by atoms with Crippen LogP contribution in [-0.4, -0.2) is 43.6 Å². The Morgan fingerprint density at radius 3 is 2.50 bits per heavy atom.